The zero-order chi connectivity index (χ0) is 16.9. The first-order chi connectivity index (χ1) is 12.4. The van der Waals surface area contributed by atoms with Crippen LogP contribution in [-0.2, 0) is 12.8 Å². The average Bonchev–Trinajstić information content (AvgIpc) is 2.69. The lowest BCUT2D eigenvalue weighted by Crippen LogP contribution is -2.48. The largest absolute Gasteiger partial charge is 0.368 e. The fourth-order valence-corrected chi connectivity index (χ4v) is 3.63. The van der Waals surface area contributed by atoms with Gasteiger partial charge in [-0.1, -0.05) is 0 Å². The van der Waals surface area contributed by atoms with Gasteiger partial charge in [0.1, 0.15) is 12.1 Å². The summed E-state index contributed by atoms with van der Waals surface area (Å²) in [4.78, 5) is 22.3. The summed E-state index contributed by atoms with van der Waals surface area (Å²) in [5.74, 6) is 1.88. The van der Waals surface area contributed by atoms with Crippen molar-refractivity contribution in [1.29, 1.82) is 0 Å². The molecule has 2 aromatic heterocycles. The number of nitrogens with one attached hydrogen (secondary N) is 1. The molecule has 2 aromatic rings. The summed E-state index contributed by atoms with van der Waals surface area (Å²) in [6.45, 7) is 6.00. The van der Waals surface area contributed by atoms with Crippen molar-refractivity contribution >= 4 is 11.8 Å². The van der Waals surface area contributed by atoms with Gasteiger partial charge in [-0.2, -0.15) is 0 Å². The zero-order valence-electron chi connectivity index (χ0n) is 14.6. The van der Waals surface area contributed by atoms with Crippen LogP contribution < -0.4 is 10.2 Å². The van der Waals surface area contributed by atoms with Crippen molar-refractivity contribution in [2.75, 3.05) is 49.5 Å². The Hall–Kier alpha value is -2.28. The average molecular weight is 339 g/mol. The Labute approximate surface area is 148 Å². The Bertz CT molecular complexity index is 683. The predicted molar refractivity (Wildman–Crippen MR) is 97.8 cm³/mol. The predicted octanol–water partition coefficient (Wildman–Crippen LogP) is 1.38. The van der Waals surface area contributed by atoms with Crippen molar-refractivity contribution in [3.8, 4) is 0 Å². The van der Waals surface area contributed by atoms with E-state index in [4.69, 9.17) is 0 Å². The molecule has 7 heteroatoms. The number of anilines is 2. The smallest absolute Gasteiger partial charge is 0.225 e. The molecular formula is C18H25N7. The lowest BCUT2D eigenvalue weighted by Gasteiger charge is -2.34. The van der Waals surface area contributed by atoms with Crippen LogP contribution in [0.25, 0.3) is 0 Å². The molecule has 132 valence electrons. The van der Waals surface area contributed by atoms with Gasteiger partial charge in [-0.05, 0) is 31.7 Å². The van der Waals surface area contributed by atoms with Gasteiger partial charge in [-0.15, -0.1) is 0 Å². The first-order valence-electron chi connectivity index (χ1n) is 9.21. The molecule has 1 saturated heterocycles. The number of rotatable bonds is 5. The summed E-state index contributed by atoms with van der Waals surface area (Å²) in [6, 6.07) is 1.86. The number of fused-ring (bicyclic) bond motifs is 1. The van der Waals surface area contributed by atoms with E-state index >= 15 is 0 Å². The van der Waals surface area contributed by atoms with Gasteiger partial charge < -0.3 is 10.2 Å². The molecule has 0 saturated carbocycles. The summed E-state index contributed by atoms with van der Waals surface area (Å²) >= 11 is 0. The molecule has 1 aliphatic heterocycles. The van der Waals surface area contributed by atoms with E-state index < -0.39 is 0 Å². The van der Waals surface area contributed by atoms with E-state index in [2.05, 4.69) is 35.1 Å². The number of aryl methyl sites for hydroxylation is 1. The van der Waals surface area contributed by atoms with Crippen LogP contribution in [0.3, 0.4) is 0 Å². The quantitative estimate of drug-likeness (QED) is 0.882. The second-order valence-electron chi connectivity index (χ2n) is 6.66. The normalized spacial score (nSPS) is 18.0. The lowest BCUT2D eigenvalue weighted by molar-refractivity contribution is 0.266. The summed E-state index contributed by atoms with van der Waals surface area (Å²) in [5, 5.41) is 3.53. The van der Waals surface area contributed by atoms with E-state index in [9.17, 15) is 0 Å². The van der Waals surface area contributed by atoms with E-state index in [-0.39, 0.29) is 0 Å². The highest BCUT2D eigenvalue weighted by atomic mass is 15.3. The molecule has 1 aliphatic carbocycles. The minimum Gasteiger partial charge on any atom is -0.368 e. The minimum absolute atomic E-state index is 0.841. The van der Waals surface area contributed by atoms with E-state index in [0.29, 0.717) is 0 Å². The van der Waals surface area contributed by atoms with Crippen LogP contribution in [0.2, 0.25) is 0 Å². The lowest BCUT2D eigenvalue weighted by atomic mass is 9.96. The van der Waals surface area contributed by atoms with Gasteiger partial charge in [0.15, 0.2) is 0 Å². The third-order valence-electron chi connectivity index (χ3n) is 5.05. The maximum absolute atomic E-state index is 4.46. The van der Waals surface area contributed by atoms with Gasteiger partial charge in [0.05, 0.1) is 0 Å². The standard InChI is InChI=1S/C18H25N7/c1-2-5-16-15(4-1)17(23-14-22-16)19-8-9-24-10-12-25(13-11-24)18-20-6-3-7-21-18/h3,6-7,14H,1-2,4-5,8-13H2,(H,19,22,23). The molecule has 25 heavy (non-hydrogen) atoms. The number of aromatic nitrogens is 4. The van der Waals surface area contributed by atoms with Crippen molar-refractivity contribution < 1.29 is 0 Å². The van der Waals surface area contributed by atoms with Crippen LogP contribution in [0.4, 0.5) is 11.8 Å². The number of nitrogens with zero attached hydrogens (tertiary/aromatic N) is 6. The highest BCUT2D eigenvalue weighted by Gasteiger charge is 2.19. The maximum Gasteiger partial charge on any atom is 0.225 e. The molecule has 2 aliphatic rings. The molecule has 1 fully saturated rings. The molecule has 0 atom stereocenters. The van der Waals surface area contributed by atoms with E-state index in [1.807, 2.05) is 6.07 Å². The monoisotopic (exact) mass is 339 g/mol. The highest BCUT2D eigenvalue weighted by molar-refractivity contribution is 5.46. The second-order valence-corrected chi connectivity index (χ2v) is 6.66. The van der Waals surface area contributed by atoms with Gasteiger partial charge in [-0.3, -0.25) is 4.90 Å². The molecule has 3 heterocycles. The number of piperazine rings is 1. The Morgan fingerprint density at radius 3 is 2.56 bits per heavy atom. The van der Waals surface area contributed by atoms with Crippen molar-refractivity contribution in [2.24, 2.45) is 0 Å². The molecule has 0 amide bonds. The molecule has 0 spiro atoms. The molecular weight excluding hydrogens is 314 g/mol. The highest BCUT2D eigenvalue weighted by Crippen LogP contribution is 2.24. The van der Waals surface area contributed by atoms with Gasteiger partial charge in [0, 0.05) is 62.9 Å². The van der Waals surface area contributed by atoms with Crippen LogP contribution in [-0.4, -0.2) is 64.1 Å². The molecule has 4 rings (SSSR count). The van der Waals surface area contributed by atoms with Crippen molar-refractivity contribution in [3.63, 3.8) is 0 Å². The Morgan fingerprint density at radius 1 is 0.920 bits per heavy atom. The second kappa shape index (κ2) is 7.74. The van der Waals surface area contributed by atoms with Crippen LogP contribution >= 0.6 is 0 Å². The van der Waals surface area contributed by atoms with E-state index in [0.717, 1.165) is 63.9 Å². The molecule has 7 nitrogen and oxygen atoms in total. The van der Waals surface area contributed by atoms with Crippen molar-refractivity contribution in [2.45, 2.75) is 25.7 Å². The van der Waals surface area contributed by atoms with E-state index in [1.54, 1.807) is 18.7 Å². The Balaban J connectivity index is 1.25. The van der Waals surface area contributed by atoms with Crippen LogP contribution in [0.1, 0.15) is 24.1 Å². The number of hydrogen-bond acceptors (Lipinski definition) is 7. The summed E-state index contributed by atoms with van der Waals surface area (Å²) in [7, 11) is 0. The van der Waals surface area contributed by atoms with Crippen molar-refractivity contribution in [3.05, 3.63) is 36.0 Å². The molecule has 0 radical (unpaired) electrons. The first-order valence-corrected chi connectivity index (χ1v) is 9.21. The fourth-order valence-electron chi connectivity index (χ4n) is 3.63. The van der Waals surface area contributed by atoms with Crippen LogP contribution in [0.15, 0.2) is 24.8 Å². The minimum atomic E-state index is 0.841. The van der Waals surface area contributed by atoms with Crippen LogP contribution in [0.5, 0.6) is 0 Å². The van der Waals surface area contributed by atoms with Gasteiger partial charge in [-0.25, -0.2) is 19.9 Å². The Kier molecular flexibility index (Phi) is 5.01. The maximum atomic E-state index is 4.46. The molecule has 0 aromatic carbocycles. The van der Waals surface area contributed by atoms with Gasteiger partial charge >= 0.3 is 0 Å². The van der Waals surface area contributed by atoms with Gasteiger partial charge in [0.2, 0.25) is 5.95 Å². The third kappa shape index (κ3) is 3.87. The van der Waals surface area contributed by atoms with Gasteiger partial charge in [0.25, 0.3) is 0 Å². The summed E-state index contributed by atoms with van der Waals surface area (Å²) in [6.07, 6.45) is 10.0. The molecule has 0 unspecified atom stereocenters. The SMILES string of the molecule is c1cnc(N2CCN(CCNc3ncnc4c3CCCC4)CC2)nc1. The zero-order valence-corrected chi connectivity index (χ0v) is 14.6. The van der Waals surface area contributed by atoms with Crippen molar-refractivity contribution in [1.82, 2.24) is 24.8 Å². The molecule has 0 bridgehead atoms. The van der Waals surface area contributed by atoms with E-state index in [1.165, 1.54) is 24.1 Å². The topological polar surface area (TPSA) is 70.1 Å². The number of hydrogen-bond donors (Lipinski definition) is 1. The first kappa shape index (κ1) is 16.2. The Morgan fingerprint density at radius 2 is 1.72 bits per heavy atom. The summed E-state index contributed by atoms with van der Waals surface area (Å²) < 4.78 is 0. The molecule has 1 N–H and O–H groups in total. The summed E-state index contributed by atoms with van der Waals surface area (Å²) in [5.41, 5.74) is 2.57. The fraction of sp³-hybridized carbons (Fsp3) is 0.556. The van der Waals surface area contributed by atoms with Crippen LogP contribution in [0, 0.1) is 0 Å². The third-order valence-corrected chi connectivity index (χ3v) is 5.05.